The molecule has 0 aliphatic rings. The van der Waals surface area contributed by atoms with Crippen molar-refractivity contribution in [2.45, 2.75) is 25.0 Å². The Labute approximate surface area is 204 Å². The normalized spacial score (nSPS) is 11.2. The van der Waals surface area contributed by atoms with Gasteiger partial charge < -0.3 is 5.32 Å². The highest BCUT2D eigenvalue weighted by Gasteiger charge is 2.18. The molecule has 0 bridgehead atoms. The number of anilines is 1. The summed E-state index contributed by atoms with van der Waals surface area (Å²) in [5.74, 6) is -0.000597. The summed E-state index contributed by atoms with van der Waals surface area (Å²) in [6, 6.07) is 21.4. The number of hydrogen-bond acceptors (Lipinski definition) is 6. The minimum absolute atomic E-state index is 0.115. The molecule has 0 aliphatic carbocycles. The second-order valence-corrected chi connectivity index (χ2v) is 9.74. The van der Waals surface area contributed by atoms with Gasteiger partial charge in [0.2, 0.25) is 5.91 Å². The Kier molecular flexibility index (Phi) is 6.42. The maximum Gasteiger partial charge on any atom is 0.272 e. The van der Waals surface area contributed by atoms with Gasteiger partial charge in [0.05, 0.1) is 17.8 Å². The van der Waals surface area contributed by atoms with E-state index >= 15 is 0 Å². The van der Waals surface area contributed by atoms with E-state index in [-0.39, 0.29) is 17.2 Å². The molecular formula is C26H22N4O2S2. The Morgan fingerprint density at radius 2 is 1.88 bits per heavy atom. The maximum atomic E-state index is 13.5. The molecule has 0 saturated heterocycles. The summed E-state index contributed by atoms with van der Waals surface area (Å²) in [6.07, 6.45) is 2.62. The lowest BCUT2D eigenvalue weighted by Crippen LogP contribution is -2.24. The van der Waals surface area contributed by atoms with Crippen LogP contribution in [0.4, 0.5) is 5.69 Å². The summed E-state index contributed by atoms with van der Waals surface area (Å²) >= 11 is 2.62. The third kappa shape index (κ3) is 4.60. The fourth-order valence-corrected chi connectivity index (χ4v) is 5.58. The number of nitrogens with zero attached hydrogens (tertiary/aromatic N) is 3. The molecule has 6 nitrogen and oxygen atoms in total. The number of thioether (sulfide) groups is 1. The number of aromatic nitrogens is 3. The SMILES string of the molecule is CCc1cccc(NC(=O)CSc2nc3c(sc4ncccc43)c(=O)n2Cc2ccccc2)c1. The van der Waals surface area contributed by atoms with Crippen LogP contribution in [0.3, 0.4) is 0 Å². The molecule has 1 amide bonds. The maximum absolute atomic E-state index is 13.5. The van der Waals surface area contributed by atoms with Gasteiger partial charge in [-0.25, -0.2) is 9.97 Å². The molecule has 0 atom stereocenters. The molecular weight excluding hydrogens is 464 g/mol. The van der Waals surface area contributed by atoms with Gasteiger partial charge in [0.1, 0.15) is 9.53 Å². The first-order valence-electron chi connectivity index (χ1n) is 11.0. The van der Waals surface area contributed by atoms with Crippen LogP contribution in [0.1, 0.15) is 18.1 Å². The molecule has 0 spiro atoms. The first kappa shape index (κ1) is 22.3. The number of thiophene rings is 1. The lowest BCUT2D eigenvalue weighted by atomic mass is 10.1. The van der Waals surface area contributed by atoms with Crippen molar-refractivity contribution in [2.24, 2.45) is 0 Å². The second kappa shape index (κ2) is 9.79. The number of amides is 1. The average molecular weight is 487 g/mol. The molecule has 3 aromatic heterocycles. The highest BCUT2D eigenvalue weighted by atomic mass is 32.2. The zero-order valence-corrected chi connectivity index (χ0v) is 20.2. The number of rotatable bonds is 7. The van der Waals surface area contributed by atoms with E-state index in [1.165, 1.54) is 23.1 Å². The highest BCUT2D eigenvalue weighted by Crippen LogP contribution is 2.30. The van der Waals surface area contributed by atoms with Crippen LogP contribution in [-0.4, -0.2) is 26.2 Å². The number of hydrogen-bond donors (Lipinski definition) is 1. The van der Waals surface area contributed by atoms with Crippen LogP contribution in [0.2, 0.25) is 0 Å². The number of aryl methyl sites for hydroxylation is 1. The highest BCUT2D eigenvalue weighted by molar-refractivity contribution is 7.99. The Balaban J connectivity index is 1.48. The van der Waals surface area contributed by atoms with Crippen LogP contribution < -0.4 is 10.9 Å². The van der Waals surface area contributed by atoms with E-state index in [1.807, 2.05) is 66.7 Å². The van der Waals surface area contributed by atoms with Crippen molar-refractivity contribution in [3.63, 3.8) is 0 Å². The zero-order chi connectivity index (χ0) is 23.5. The van der Waals surface area contributed by atoms with E-state index in [9.17, 15) is 9.59 Å². The Morgan fingerprint density at radius 3 is 2.71 bits per heavy atom. The summed E-state index contributed by atoms with van der Waals surface area (Å²) in [5, 5.41) is 4.32. The van der Waals surface area contributed by atoms with E-state index in [4.69, 9.17) is 4.98 Å². The number of nitrogens with one attached hydrogen (secondary N) is 1. The predicted octanol–water partition coefficient (Wildman–Crippen LogP) is 5.35. The first-order chi connectivity index (χ1) is 16.6. The molecule has 0 radical (unpaired) electrons. The van der Waals surface area contributed by atoms with Crippen molar-refractivity contribution in [1.82, 2.24) is 14.5 Å². The quantitative estimate of drug-likeness (QED) is 0.248. The summed E-state index contributed by atoms with van der Waals surface area (Å²) in [5.41, 5.74) is 3.45. The number of fused-ring (bicyclic) bond motifs is 3. The topological polar surface area (TPSA) is 76.9 Å². The van der Waals surface area contributed by atoms with Gasteiger partial charge in [-0.3, -0.25) is 14.2 Å². The molecule has 3 heterocycles. The summed E-state index contributed by atoms with van der Waals surface area (Å²) < 4.78 is 2.23. The predicted molar refractivity (Wildman–Crippen MR) is 140 cm³/mol. The molecule has 1 N–H and O–H groups in total. The Bertz CT molecular complexity index is 1540. The van der Waals surface area contributed by atoms with Crippen molar-refractivity contribution in [1.29, 1.82) is 0 Å². The van der Waals surface area contributed by atoms with Crippen LogP contribution >= 0.6 is 23.1 Å². The number of carbonyl (C=O) groups excluding carboxylic acids is 1. The molecule has 0 aliphatic heterocycles. The van der Waals surface area contributed by atoms with E-state index in [2.05, 4.69) is 17.2 Å². The van der Waals surface area contributed by atoms with Crippen LogP contribution in [0.5, 0.6) is 0 Å². The standard InChI is InChI=1S/C26H22N4O2S2/c1-2-17-10-6-11-19(14-17)28-21(31)16-33-26-29-22-20-12-7-13-27-24(20)34-23(22)25(32)30(26)15-18-8-4-3-5-9-18/h3-14H,2,15-16H2,1H3,(H,28,31). The van der Waals surface area contributed by atoms with E-state index in [1.54, 1.807) is 10.8 Å². The van der Waals surface area contributed by atoms with Gasteiger partial charge in [-0.15, -0.1) is 11.3 Å². The summed E-state index contributed by atoms with van der Waals surface area (Å²) in [4.78, 5) is 36.3. The van der Waals surface area contributed by atoms with Crippen molar-refractivity contribution < 1.29 is 4.79 Å². The number of benzene rings is 2. The molecule has 0 unspecified atom stereocenters. The monoisotopic (exact) mass is 486 g/mol. The van der Waals surface area contributed by atoms with Gasteiger partial charge in [-0.05, 0) is 41.8 Å². The van der Waals surface area contributed by atoms with Crippen molar-refractivity contribution in [3.8, 4) is 0 Å². The molecule has 0 saturated carbocycles. The summed E-state index contributed by atoms with van der Waals surface area (Å²) in [7, 11) is 0. The van der Waals surface area contributed by atoms with Gasteiger partial charge in [0.15, 0.2) is 5.16 Å². The first-order valence-corrected chi connectivity index (χ1v) is 12.8. The lowest BCUT2D eigenvalue weighted by molar-refractivity contribution is -0.113. The van der Waals surface area contributed by atoms with Crippen molar-refractivity contribution in [2.75, 3.05) is 11.1 Å². The lowest BCUT2D eigenvalue weighted by Gasteiger charge is -2.12. The smallest absolute Gasteiger partial charge is 0.272 e. The fraction of sp³-hybridized carbons (Fsp3) is 0.154. The second-order valence-electron chi connectivity index (χ2n) is 7.80. The molecule has 5 aromatic rings. The zero-order valence-electron chi connectivity index (χ0n) is 18.5. The van der Waals surface area contributed by atoms with Gasteiger partial charge in [0, 0.05) is 17.3 Å². The van der Waals surface area contributed by atoms with Crippen LogP contribution in [0, 0.1) is 0 Å². The average Bonchev–Trinajstić information content (AvgIpc) is 3.24. The van der Waals surface area contributed by atoms with E-state index in [0.717, 1.165) is 33.5 Å². The van der Waals surface area contributed by atoms with Crippen LogP contribution in [-0.2, 0) is 17.8 Å². The molecule has 170 valence electrons. The Morgan fingerprint density at radius 1 is 1.06 bits per heavy atom. The molecule has 0 fully saturated rings. The third-order valence-corrected chi connectivity index (χ3v) is 7.52. The van der Waals surface area contributed by atoms with Gasteiger partial charge in [-0.1, -0.05) is 61.2 Å². The third-order valence-electron chi connectivity index (χ3n) is 5.45. The van der Waals surface area contributed by atoms with Gasteiger partial charge in [0.25, 0.3) is 5.56 Å². The van der Waals surface area contributed by atoms with Gasteiger partial charge >= 0.3 is 0 Å². The molecule has 34 heavy (non-hydrogen) atoms. The van der Waals surface area contributed by atoms with Crippen molar-refractivity contribution in [3.05, 3.63) is 94.4 Å². The fourth-order valence-electron chi connectivity index (χ4n) is 3.75. The summed E-state index contributed by atoms with van der Waals surface area (Å²) in [6.45, 7) is 2.46. The van der Waals surface area contributed by atoms with Crippen molar-refractivity contribution >= 4 is 55.1 Å². The minimum Gasteiger partial charge on any atom is -0.325 e. The van der Waals surface area contributed by atoms with Crippen LogP contribution in [0.15, 0.2) is 82.9 Å². The van der Waals surface area contributed by atoms with Gasteiger partial charge in [-0.2, -0.15) is 0 Å². The van der Waals surface area contributed by atoms with E-state index < -0.39 is 0 Å². The van der Waals surface area contributed by atoms with E-state index in [0.29, 0.717) is 21.9 Å². The number of pyridine rings is 1. The molecule has 5 rings (SSSR count). The largest absolute Gasteiger partial charge is 0.325 e. The molecule has 8 heteroatoms. The number of carbonyl (C=O) groups is 1. The minimum atomic E-state index is -0.143. The molecule has 2 aromatic carbocycles. The van der Waals surface area contributed by atoms with Crippen LogP contribution in [0.25, 0.3) is 20.4 Å². The Hall–Kier alpha value is -3.49.